The van der Waals surface area contributed by atoms with Crippen LogP contribution in [0.3, 0.4) is 0 Å². The number of carbonyl (C=O) groups is 1. The lowest BCUT2D eigenvalue weighted by Gasteiger charge is -2.10. The highest BCUT2D eigenvalue weighted by molar-refractivity contribution is 5.77. The zero-order valence-electron chi connectivity index (χ0n) is 10.0. The van der Waals surface area contributed by atoms with E-state index in [1.165, 1.54) is 6.07 Å². The molecule has 0 fully saturated rings. The minimum absolute atomic E-state index is 0.220. The van der Waals surface area contributed by atoms with Crippen molar-refractivity contribution < 1.29 is 23.1 Å². The topological polar surface area (TPSA) is 55.1 Å². The summed E-state index contributed by atoms with van der Waals surface area (Å²) in [6, 6.07) is 4.73. The number of carboxylic acids is 1. The number of aryl methyl sites for hydroxylation is 2. The molecule has 0 unspecified atom stereocenters. The molecule has 0 saturated heterocycles. The largest absolute Gasteiger partial charge is 0.481 e. The van der Waals surface area contributed by atoms with Crippen LogP contribution >= 0.6 is 0 Å². The first-order valence-corrected chi connectivity index (χ1v) is 5.55. The van der Waals surface area contributed by atoms with Crippen LogP contribution in [0.2, 0.25) is 0 Å². The van der Waals surface area contributed by atoms with Crippen molar-refractivity contribution in [1.29, 1.82) is 0 Å². The first-order valence-electron chi connectivity index (χ1n) is 5.55. The van der Waals surface area contributed by atoms with Crippen molar-refractivity contribution in [3.05, 3.63) is 29.6 Å². The van der Waals surface area contributed by atoms with Gasteiger partial charge in [-0.25, -0.2) is 4.98 Å². The average molecular weight is 272 g/mol. The summed E-state index contributed by atoms with van der Waals surface area (Å²) >= 11 is 0. The number of benzene rings is 1. The minimum Gasteiger partial charge on any atom is -0.481 e. The summed E-state index contributed by atoms with van der Waals surface area (Å²) in [6.45, 7) is 1.49. The number of aromatic nitrogens is 2. The first-order chi connectivity index (χ1) is 8.79. The summed E-state index contributed by atoms with van der Waals surface area (Å²) in [6.07, 6.45) is -4.99. The van der Waals surface area contributed by atoms with E-state index in [9.17, 15) is 18.0 Å². The van der Waals surface area contributed by atoms with Gasteiger partial charge in [0, 0.05) is 6.54 Å². The fourth-order valence-corrected chi connectivity index (χ4v) is 1.89. The van der Waals surface area contributed by atoms with E-state index in [0.29, 0.717) is 5.52 Å². The van der Waals surface area contributed by atoms with Crippen molar-refractivity contribution in [3.63, 3.8) is 0 Å². The number of carboxylic acid groups (broad SMARTS) is 1. The predicted molar refractivity (Wildman–Crippen MR) is 61.7 cm³/mol. The molecule has 7 heteroatoms. The highest BCUT2D eigenvalue weighted by Gasteiger charge is 2.37. The third-order valence-corrected chi connectivity index (χ3v) is 2.71. The van der Waals surface area contributed by atoms with Crippen molar-refractivity contribution in [1.82, 2.24) is 9.55 Å². The van der Waals surface area contributed by atoms with Crippen molar-refractivity contribution in [2.75, 3.05) is 0 Å². The molecule has 2 rings (SSSR count). The van der Waals surface area contributed by atoms with Crippen molar-refractivity contribution >= 4 is 17.0 Å². The Labute approximate surface area is 106 Å². The monoisotopic (exact) mass is 272 g/mol. The highest BCUT2D eigenvalue weighted by Crippen LogP contribution is 2.31. The molecule has 1 aromatic carbocycles. The maximum atomic E-state index is 12.9. The van der Waals surface area contributed by atoms with Crippen molar-refractivity contribution in [3.8, 4) is 0 Å². The van der Waals surface area contributed by atoms with Crippen LogP contribution in [0.15, 0.2) is 18.2 Å². The summed E-state index contributed by atoms with van der Waals surface area (Å²) < 4.78 is 39.5. The van der Waals surface area contributed by atoms with E-state index >= 15 is 0 Å². The van der Waals surface area contributed by atoms with Crippen LogP contribution in [0.1, 0.15) is 17.8 Å². The first kappa shape index (κ1) is 13.4. The number of imidazole rings is 1. The summed E-state index contributed by atoms with van der Waals surface area (Å²) in [5, 5.41) is 8.61. The van der Waals surface area contributed by atoms with Gasteiger partial charge < -0.3 is 9.67 Å². The van der Waals surface area contributed by atoms with Gasteiger partial charge in [0.2, 0.25) is 5.82 Å². The fraction of sp³-hybridized carbons (Fsp3) is 0.333. The van der Waals surface area contributed by atoms with Gasteiger partial charge in [-0.05, 0) is 24.6 Å². The van der Waals surface area contributed by atoms with Gasteiger partial charge in [0.15, 0.2) is 0 Å². The molecule has 0 radical (unpaired) electrons. The minimum atomic E-state index is -4.61. The van der Waals surface area contributed by atoms with E-state index in [4.69, 9.17) is 5.11 Å². The summed E-state index contributed by atoms with van der Waals surface area (Å²) in [7, 11) is 0. The Morgan fingerprint density at radius 3 is 2.68 bits per heavy atom. The zero-order valence-corrected chi connectivity index (χ0v) is 10.0. The zero-order chi connectivity index (χ0) is 14.2. The Kier molecular flexibility index (Phi) is 3.21. The molecule has 0 aliphatic carbocycles. The molecule has 0 aliphatic rings. The smallest absolute Gasteiger partial charge is 0.449 e. The number of fused-ring (bicyclic) bond motifs is 1. The molecule has 1 N–H and O–H groups in total. The molecule has 1 heterocycles. The predicted octanol–water partition coefficient (Wildman–Crippen LogP) is 2.84. The fourth-order valence-electron chi connectivity index (χ4n) is 1.89. The molecular formula is C12H11F3N2O2. The Morgan fingerprint density at radius 1 is 1.42 bits per heavy atom. The Bertz CT molecular complexity index is 632. The second-order valence-corrected chi connectivity index (χ2v) is 4.22. The molecule has 0 amide bonds. The van der Waals surface area contributed by atoms with E-state index in [2.05, 4.69) is 4.98 Å². The van der Waals surface area contributed by atoms with Crippen molar-refractivity contribution in [2.24, 2.45) is 0 Å². The van der Waals surface area contributed by atoms with Crippen molar-refractivity contribution in [2.45, 2.75) is 26.1 Å². The van der Waals surface area contributed by atoms with Crippen LogP contribution < -0.4 is 0 Å². The molecule has 0 spiro atoms. The Hall–Kier alpha value is -2.05. The number of aliphatic carboxylic acids is 1. The van der Waals surface area contributed by atoms with Gasteiger partial charge in [-0.1, -0.05) is 6.07 Å². The third kappa shape index (κ3) is 2.69. The molecule has 0 saturated carbocycles. The molecule has 0 atom stereocenters. The van der Waals surface area contributed by atoms with Gasteiger partial charge in [0.25, 0.3) is 0 Å². The maximum Gasteiger partial charge on any atom is 0.449 e. The van der Waals surface area contributed by atoms with E-state index in [1.807, 2.05) is 0 Å². The van der Waals surface area contributed by atoms with Crippen LogP contribution in [0, 0.1) is 6.92 Å². The van der Waals surface area contributed by atoms with Crippen LogP contribution in [-0.4, -0.2) is 20.6 Å². The van der Waals surface area contributed by atoms with Crippen LogP contribution in [-0.2, 0) is 17.5 Å². The molecule has 0 bridgehead atoms. The van der Waals surface area contributed by atoms with E-state index in [0.717, 1.165) is 10.1 Å². The molecular weight excluding hydrogens is 261 g/mol. The summed E-state index contributed by atoms with van der Waals surface area (Å²) in [5.74, 6) is -2.21. The number of hydrogen-bond donors (Lipinski definition) is 1. The average Bonchev–Trinajstić information content (AvgIpc) is 2.63. The standard InChI is InChI=1S/C12H11F3N2O2/c1-7-2-3-9-8(6-7)16-11(12(13,14)15)17(9)5-4-10(18)19/h2-3,6H,4-5H2,1H3,(H,18,19). The van der Waals surface area contributed by atoms with Gasteiger partial charge in [-0.3, -0.25) is 4.79 Å². The van der Waals surface area contributed by atoms with Crippen LogP contribution in [0.25, 0.3) is 11.0 Å². The number of rotatable bonds is 3. The van der Waals surface area contributed by atoms with E-state index < -0.39 is 18.0 Å². The SMILES string of the molecule is Cc1ccc2c(c1)nc(C(F)(F)F)n2CCC(=O)O. The van der Waals surface area contributed by atoms with E-state index in [-0.39, 0.29) is 18.5 Å². The van der Waals surface area contributed by atoms with Gasteiger partial charge in [-0.2, -0.15) is 13.2 Å². The number of hydrogen-bond acceptors (Lipinski definition) is 2. The normalized spacial score (nSPS) is 12.0. The third-order valence-electron chi connectivity index (χ3n) is 2.71. The lowest BCUT2D eigenvalue weighted by Crippen LogP contribution is -2.16. The lowest BCUT2D eigenvalue weighted by molar-refractivity contribution is -0.148. The molecule has 1 aromatic heterocycles. The van der Waals surface area contributed by atoms with Crippen LogP contribution in [0.4, 0.5) is 13.2 Å². The Morgan fingerprint density at radius 2 is 2.11 bits per heavy atom. The maximum absolute atomic E-state index is 12.9. The molecule has 102 valence electrons. The number of halogens is 3. The quantitative estimate of drug-likeness (QED) is 0.934. The Balaban J connectivity index is 2.58. The summed E-state index contributed by atoms with van der Waals surface area (Å²) in [4.78, 5) is 14.1. The van der Waals surface area contributed by atoms with Crippen LogP contribution in [0.5, 0.6) is 0 Å². The van der Waals surface area contributed by atoms with Gasteiger partial charge in [0.05, 0.1) is 17.5 Å². The molecule has 2 aromatic rings. The molecule has 19 heavy (non-hydrogen) atoms. The second-order valence-electron chi connectivity index (χ2n) is 4.22. The molecule has 4 nitrogen and oxygen atoms in total. The summed E-state index contributed by atoms with van der Waals surface area (Å²) in [5.41, 5.74) is 1.31. The second kappa shape index (κ2) is 4.56. The number of nitrogens with zero attached hydrogens (tertiary/aromatic N) is 2. The highest BCUT2D eigenvalue weighted by atomic mass is 19.4. The van der Waals surface area contributed by atoms with Gasteiger partial charge >= 0.3 is 12.1 Å². The lowest BCUT2D eigenvalue weighted by atomic mass is 10.2. The number of alkyl halides is 3. The van der Waals surface area contributed by atoms with Gasteiger partial charge in [0.1, 0.15) is 0 Å². The van der Waals surface area contributed by atoms with Gasteiger partial charge in [-0.15, -0.1) is 0 Å². The molecule has 0 aliphatic heterocycles. The van der Waals surface area contributed by atoms with E-state index in [1.54, 1.807) is 19.1 Å².